The molecule has 0 radical (unpaired) electrons. The first-order chi connectivity index (χ1) is 11.3. The van der Waals surface area contributed by atoms with Crippen LogP contribution in [0.2, 0.25) is 0 Å². The molecule has 3 rings (SSSR count). The molecule has 1 aliphatic rings. The van der Waals surface area contributed by atoms with Crippen LogP contribution in [0.4, 0.5) is 11.6 Å². The minimum absolute atomic E-state index is 0.163. The normalized spacial score (nSPS) is 18.0. The Morgan fingerprint density at radius 3 is 3.00 bits per heavy atom. The smallest absolute Gasteiger partial charge is 0.134 e. The highest BCUT2D eigenvalue weighted by atomic mass is 79.9. The number of anilines is 2. The summed E-state index contributed by atoms with van der Waals surface area (Å²) >= 11 is 3.48. The average molecular weight is 377 g/mol. The van der Waals surface area contributed by atoms with Gasteiger partial charge in [0.05, 0.1) is 12.6 Å². The monoisotopic (exact) mass is 376 g/mol. The number of hydrogen-bond acceptors (Lipinski definition) is 5. The summed E-state index contributed by atoms with van der Waals surface area (Å²) in [6, 6.07) is 10.3. The molecule has 2 aromatic rings. The zero-order valence-corrected chi connectivity index (χ0v) is 14.5. The molecule has 1 saturated heterocycles. The lowest BCUT2D eigenvalue weighted by Gasteiger charge is -2.35. The van der Waals surface area contributed by atoms with Crippen LogP contribution >= 0.6 is 15.9 Å². The molecule has 1 atom stereocenters. The van der Waals surface area contributed by atoms with Crippen LogP contribution in [0.1, 0.15) is 24.8 Å². The van der Waals surface area contributed by atoms with Crippen molar-refractivity contribution >= 4 is 27.6 Å². The number of hydrogen-bond donors (Lipinski definition) is 2. The Morgan fingerprint density at radius 1 is 1.26 bits per heavy atom. The Labute approximate surface area is 144 Å². The molecule has 0 bridgehead atoms. The van der Waals surface area contributed by atoms with Crippen molar-refractivity contribution in [1.29, 1.82) is 0 Å². The van der Waals surface area contributed by atoms with E-state index in [0.29, 0.717) is 6.54 Å². The second-order valence-electron chi connectivity index (χ2n) is 5.77. The Morgan fingerprint density at radius 2 is 2.17 bits per heavy atom. The Balaban J connectivity index is 1.69. The van der Waals surface area contributed by atoms with Gasteiger partial charge in [-0.05, 0) is 37.0 Å². The van der Waals surface area contributed by atoms with Crippen LogP contribution in [0.25, 0.3) is 0 Å². The molecule has 1 aromatic carbocycles. The molecule has 0 amide bonds. The number of aromatic nitrogens is 2. The molecule has 122 valence electrons. The van der Waals surface area contributed by atoms with E-state index in [-0.39, 0.29) is 12.6 Å². The predicted molar refractivity (Wildman–Crippen MR) is 95.6 cm³/mol. The van der Waals surface area contributed by atoms with Crippen molar-refractivity contribution in [2.45, 2.75) is 31.8 Å². The highest BCUT2D eigenvalue weighted by molar-refractivity contribution is 9.10. The summed E-state index contributed by atoms with van der Waals surface area (Å²) in [5.74, 6) is 1.69. The van der Waals surface area contributed by atoms with Crippen molar-refractivity contribution in [2.75, 3.05) is 23.4 Å². The maximum Gasteiger partial charge on any atom is 0.134 e. The maximum atomic E-state index is 9.56. The van der Waals surface area contributed by atoms with Gasteiger partial charge < -0.3 is 15.3 Å². The van der Waals surface area contributed by atoms with E-state index in [1.54, 1.807) is 6.33 Å². The van der Waals surface area contributed by atoms with Gasteiger partial charge in [-0.25, -0.2) is 9.97 Å². The van der Waals surface area contributed by atoms with Gasteiger partial charge in [0.15, 0.2) is 0 Å². The van der Waals surface area contributed by atoms with Crippen LogP contribution in [0.5, 0.6) is 0 Å². The van der Waals surface area contributed by atoms with Gasteiger partial charge in [0.2, 0.25) is 0 Å². The number of aliphatic hydroxyl groups is 1. The fourth-order valence-corrected chi connectivity index (χ4v) is 3.38. The number of piperidine rings is 1. The summed E-state index contributed by atoms with van der Waals surface area (Å²) in [5.41, 5.74) is 1.19. The van der Waals surface area contributed by atoms with Gasteiger partial charge in [-0.15, -0.1) is 0 Å². The summed E-state index contributed by atoms with van der Waals surface area (Å²) in [6.07, 6.45) is 4.91. The molecule has 1 fully saturated rings. The summed E-state index contributed by atoms with van der Waals surface area (Å²) in [7, 11) is 0. The van der Waals surface area contributed by atoms with E-state index < -0.39 is 0 Å². The van der Waals surface area contributed by atoms with Crippen LogP contribution < -0.4 is 10.2 Å². The summed E-state index contributed by atoms with van der Waals surface area (Å²) in [4.78, 5) is 10.9. The maximum absolute atomic E-state index is 9.56. The van der Waals surface area contributed by atoms with Gasteiger partial charge in [-0.1, -0.05) is 28.1 Å². The van der Waals surface area contributed by atoms with Crippen LogP contribution in [0, 0.1) is 0 Å². The Hall–Kier alpha value is -1.66. The first kappa shape index (κ1) is 16.2. The molecule has 1 unspecified atom stereocenters. The van der Waals surface area contributed by atoms with Crippen LogP contribution in [-0.2, 0) is 6.54 Å². The number of halogens is 1. The van der Waals surface area contributed by atoms with Gasteiger partial charge in [0.1, 0.15) is 18.0 Å². The second kappa shape index (κ2) is 7.75. The van der Waals surface area contributed by atoms with E-state index in [2.05, 4.69) is 48.2 Å². The first-order valence-electron chi connectivity index (χ1n) is 7.94. The molecule has 1 aliphatic heterocycles. The molecule has 6 heteroatoms. The van der Waals surface area contributed by atoms with Crippen LogP contribution in [0.3, 0.4) is 0 Å². The molecule has 0 spiro atoms. The first-order valence-corrected chi connectivity index (χ1v) is 8.73. The van der Waals surface area contributed by atoms with Gasteiger partial charge in [0.25, 0.3) is 0 Å². The fraction of sp³-hybridized carbons (Fsp3) is 0.412. The molecular weight excluding hydrogens is 356 g/mol. The molecule has 2 N–H and O–H groups in total. The molecule has 0 saturated carbocycles. The third-order valence-corrected chi connectivity index (χ3v) is 4.64. The molecule has 1 aromatic heterocycles. The Bertz CT molecular complexity index is 652. The van der Waals surface area contributed by atoms with Crippen molar-refractivity contribution in [2.24, 2.45) is 0 Å². The third kappa shape index (κ3) is 4.20. The molecule has 2 heterocycles. The van der Waals surface area contributed by atoms with Crippen LogP contribution in [-0.4, -0.2) is 34.3 Å². The van der Waals surface area contributed by atoms with Gasteiger partial charge in [0, 0.05) is 23.6 Å². The zero-order chi connectivity index (χ0) is 16.1. The van der Waals surface area contributed by atoms with E-state index in [4.69, 9.17) is 0 Å². The van der Waals surface area contributed by atoms with E-state index in [9.17, 15) is 5.11 Å². The number of benzene rings is 1. The minimum atomic E-state index is 0.163. The number of rotatable bonds is 5. The summed E-state index contributed by atoms with van der Waals surface area (Å²) < 4.78 is 1.07. The topological polar surface area (TPSA) is 61.3 Å². The van der Waals surface area contributed by atoms with Gasteiger partial charge in [-0.2, -0.15) is 0 Å². The van der Waals surface area contributed by atoms with Crippen molar-refractivity contribution in [3.63, 3.8) is 0 Å². The van der Waals surface area contributed by atoms with Crippen LogP contribution in [0.15, 0.2) is 41.1 Å². The van der Waals surface area contributed by atoms with E-state index in [1.165, 1.54) is 12.0 Å². The largest absolute Gasteiger partial charge is 0.394 e. The lowest BCUT2D eigenvalue weighted by molar-refractivity contribution is 0.239. The standard InChI is InChI=1S/C17H21BrN4O/c18-14-5-3-4-13(8-14)10-19-16-9-17(21-12-20-16)22-7-2-1-6-15(22)11-23/h3-5,8-9,12,15,23H,1-2,6-7,10-11H2,(H,19,20,21). The number of nitrogens with zero attached hydrogens (tertiary/aromatic N) is 3. The van der Waals surface area contributed by atoms with E-state index >= 15 is 0 Å². The molecular formula is C17H21BrN4O. The van der Waals surface area contributed by atoms with E-state index in [1.807, 2.05) is 18.2 Å². The average Bonchev–Trinajstić information content (AvgIpc) is 2.60. The SMILES string of the molecule is OCC1CCCCN1c1cc(NCc2cccc(Br)c2)ncn1. The lowest BCUT2D eigenvalue weighted by atomic mass is 10.0. The second-order valence-corrected chi connectivity index (χ2v) is 6.69. The Kier molecular flexibility index (Phi) is 5.46. The van der Waals surface area contributed by atoms with Gasteiger partial charge in [-0.3, -0.25) is 0 Å². The number of aliphatic hydroxyl groups excluding tert-OH is 1. The van der Waals surface area contributed by atoms with Crippen molar-refractivity contribution < 1.29 is 5.11 Å². The lowest BCUT2D eigenvalue weighted by Crippen LogP contribution is -2.42. The highest BCUT2D eigenvalue weighted by Crippen LogP contribution is 2.24. The minimum Gasteiger partial charge on any atom is -0.394 e. The molecule has 0 aliphatic carbocycles. The zero-order valence-electron chi connectivity index (χ0n) is 13.0. The fourth-order valence-electron chi connectivity index (χ4n) is 2.93. The molecule has 23 heavy (non-hydrogen) atoms. The summed E-state index contributed by atoms with van der Waals surface area (Å²) in [6.45, 7) is 1.82. The van der Waals surface area contributed by atoms with E-state index in [0.717, 1.165) is 35.5 Å². The van der Waals surface area contributed by atoms with Crippen molar-refractivity contribution in [3.05, 3.63) is 46.7 Å². The quantitative estimate of drug-likeness (QED) is 0.838. The summed E-state index contributed by atoms with van der Waals surface area (Å²) in [5, 5.41) is 12.9. The highest BCUT2D eigenvalue weighted by Gasteiger charge is 2.23. The molecule has 5 nitrogen and oxygen atoms in total. The van der Waals surface area contributed by atoms with Crippen molar-refractivity contribution in [1.82, 2.24) is 9.97 Å². The third-order valence-electron chi connectivity index (χ3n) is 4.15. The predicted octanol–water partition coefficient (Wildman–Crippen LogP) is 3.20. The number of nitrogens with one attached hydrogen (secondary N) is 1. The van der Waals surface area contributed by atoms with Crippen molar-refractivity contribution in [3.8, 4) is 0 Å². The van der Waals surface area contributed by atoms with Gasteiger partial charge >= 0.3 is 0 Å².